The van der Waals surface area contributed by atoms with Crippen LogP contribution in [0.25, 0.3) is 0 Å². The van der Waals surface area contributed by atoms with Crippen LogP contribution in [0.1, 0.15) is 22.0 Å². The zero-order valence-corrected chi connectivity index (χ0v) is 14.5. The molecule has 0 radical (unpaired) electrons. The fourth-order valence-corrected chi connectivity index (χ4v) is 3.83. The van der Waals surface area contributed by atoms with E-state index >= 15 is 0 Å². The van der Waals surface area contributed by atoms with Crippen LogP contribution in [0.15, 0.2) is 53.1 Å². The molecule has 0 N–H and O–H groups in total. The third-order valence-electron chi connectivity index (χ3n) is 5.21. The summed E-state index contributed by atoms with van der Waals surface area (Å²) in [6, 6.07) is 13.3. The summed E-state index contributed by atoms with van der Waals surface area (Å²) in [5.74, 6) is 0.0151. The van der Waals surface area contributed by atoms with Crippen LogP contribution in [0.5, 0.6) is 0 Å². The number of amides is 2. The number of carbonyl (C=O) groups is 2. The van der Waals surface area contributed by atoms with E-state index in [1.54, 1.807) is 17.0 Å². The smallest absolute Gasteiger partial charge is 0.289 e. The van der Waals surface area contributed by atoms with E-state index in [2.05, 4.69) is 0 Å². The number of hydrogen-bond donors (Lipinski definition) is 0. The molecule has 2 unspecified atom stereocenters. The minimum atomic E-state index is -0.241. The van der Waals surface area contributed by atoms with Crippen molar-refractivity contribution in [2.24, 2.45) is 5.92 Å². The topological polar surface area (TPSA) is 63.0 Å². The average molecular weight is 354 g/mol. The van der Waals surface area contributed by atoms with E-state index in [1.165, 1.54) is 6.26 Å². The molecule has 0 bridgehead atoms. The van der Waals surface area contributed by atoms with Crippen molar-refractivity contribution in [3.8, 4) is 0 Å². The molecular weight excluding hydrogens is 332 g/mol. The van der Waals surface area contributed by atoms with Crippen LogP contribution in [0.4, 0.5) is 0 Å². The van der Waals surface area contributed by atoms with Gasteiger partial charge < -0.3 is 19.0 Å². The van der Waals surface area contributed by atoms with Crippen molar-refractivity contribution < 1.29 is 18.7 Å². The highest BCUT2D eigenvalue weighted by Gasteiger charge is 2.42. The van der Waals surface area contributed by atoms with Crippen molar-refractivity contribution in [3.05, 3.63) is 60.1 Å². The number of benzene rings is 1. The Morgan fingerprint density at radius 3 is 2.38 bits per heavy atom. The fraction of sp³-hybridized carbons (Fsp3) is 0.400. The van der Waals surface area contributed by atoms with Gasteiger partial charge in [0.05, 0.1) is 25.4 Å². The lowest BCUT2D eigenvalue weighted by molar-refractivity contribution is -0.139. The minimum Gasteiger partial charge on any atom is -0.459 e. The largest absolute Gasteiger partial charge is 0.459 e. The van der Waals surface area contributed by atoms with Crippen molar-refractivity contribution in [1.82, 2.24) is 9.80 Å². The number of likely N-dealkylation sites (tertiary alicyclic amines) is 1. The summed E-state index contributed by atoms with van der Waals surface area (Å²) in [6.45, 7) is 3.30. The lowest BCUT2D eigenvalue weighted by Gasteiger charge is -2.30. The van der Waals surface area contributed by atoms with E-state index in [9.17, 15) is 9.59 Å². The summed E-state index contributed by atoms with van der Waals surface area (Å²) in [5.41, 5.74) is 1.09. The molecule has 2 amide bonds. The van der Waals surface area contributed by atoms with Crippen LogP contribution in [-0.4, -0.2) is 61.0 Å². The molecule has 2 fully saturated rings. The Bertz CT molecular complexity index is 753. The first-order chi connectivity index (χ1) is 12.7. The van der Waals surface area contributed by atoms with Crippen molar-refractivity contribution in [3.63, 3.8) is 0 Å². The van der Waals surface area contributed by atoms with Crippen molar-refractivity contribution in [1.29, 1.82) is 0 Å². The van der Waals surface area contributed by atoms with Gasteiger partial charge in [-0.1, -0.05) is 30.3 Å². The summed E-state index contributed by atoms with van der Waals surface area (Å²) in [7, 11) is 0. The molecule has 2 saturated heterocycles. The number of ether oxygens (including phenoxy) is 1. The van der Waals surface area contributed by atoms with Gasteiger partial charge in [0.25, 0.3) is 5.91 Å². The van der Waals surface area contributed by atoms with Gasteiger partial charge in [0.1, 0.15) is 0 Å². The second-order valence-electron chi connectivity index (χ2n) is 6.75. The molecule has 2 aliphatic heterocycles. The molecule has 0 aliphatic carbocycles. The Hall–Kier alpha value is -2.60. The van der Waals surface area contributed by atoms with Gasteiger partial charge in [-0.15, -0.1) is 0 Å². The molecular formula is C20H22N2O4. The number of rotatable bonds is 3. The molecule has 3 heterocycles. The summed E-state index contributed by atoms with van der Waals surface area (Å²) < 4.78 is 10.6. The first-order valence-electron chi connectivity index (χ1n) is 8.98. The zero-order chi connectivity index (χ0) is 17.9. The van der Waals surface area contributed by atoms with Crippen LogP contribution >= 0.6 is 0 Å². The van der Waals surface area contributed by atoms with Gasteiger partial charge in [-0.2, -0.15) is 0 Å². The minimum absolute atomic E-state index is 0.00884. The molecule has 1 aromatic carbocycles. The molecule has 0 saturated carbocycles. The first kappa shape index (κ1) is 16.8. The summed E-state index contributed by atoms with van der Waals surface area (Å²) in [4.78, 5) is 29.5. The molecule has 136 valence electrons. The molecule has 0 spiro atoms. The van der Waals surface area contributed by atoms with E-state index < -0.39 is 0 Å². The Morgan fingerprint density at radius 1 is 0.923 bits per heavy atom. The molecule has 2 aromatic rings. The van der Waals surface area contributed by atoms with E-state index in [0.29, 0.717) is 45.2 Å². The molecule has 2 aliphatic rings. The maximum Gasteiger partial charge on any atom is 0.289 e. The Balaban J connectivity index is 1.58. The van der Waals surface area contributed by atoms with Crippen LogP contribution in [-0.2, 0) is 9.53 Å². The van der Waals surface area contributed by atoms with Gasteiger partial charge in [0.15, 0.2) is 5.76 Å². The average Bonchev–Trinajstić information content (AvgIpc) is 3.38. The molecule has 4 rings (SSSR count). The van der Waals surface area contributed by atoms with E-state index in [4.69, 9.17) is 9.15 Å². The molecule has 1 aromatic heterocycles. The van der Waals surface area contributed by atoms with Crippen molar-refractivity contribution >= 4 is 11.8 Å². The van der Waals surface area contributed by atoms with E-state index in [0.717, 1.165) is 5.56 Å². The van der Waals surface area contributed by atoms with E-state index in [1.807, 2.05) is 35.2 Å². The van der Waals surface area contributed by atoms with Crippen molar-refractivity contribution in [2.75, 3.05) is 39.4 Å². The fourth-order valence-electron chi connectivity index (χ4n) is 3.83. The van der Waals surface area contributed by atoms with Gasteiger partial charge in [-0.05, 0) is 17.7 Å². The predicted octanol–water partition coefficient (Wildman–Crippen LogP) is 1.99. The Labute approximate surface area is 152 Å². The standard InChI is InChI=1S/C20H22N2O4/c23-19(21-8-11-25-12-9-21)17-14-22(20(24)18-7-4-10-26-18)13-16(17)15-5-2-1-3-6-15/h1-7,10,16-17H,8-9,11-14H2. The van der Waals surface area contributed by atoms with Gasteiger partial charge in [-0.25, -0.2) is 0 Å². The lowest BCUT2D eigenvalue weighted by atomic mass is 9.88. The SMILES string of the molecule is O=C(c1ccco1)N1CC(C(=O)N2CCOCC2)C(c2ccccc2)C1. The van der Waals surface area contributed by atoms with Crippen LogP contribution < -0.4 is 0 Å². The summed E-state index contributed by atoms with van der Waals surface area (Å²) in [6.07, 6.45) is 1.49. The summed E-state index contributed by atoms with van der Waals surface area (Å²) >= 11 is 0. The third kappa shape index (κ3) is 3.24. The number of morpholine rings is 1. The van der Waals surface area contributed by atoms with Crippen LogP contribution in [0.3, 0.4) is 0 Å². The highest BCUT2D eigenvalue weighted by atomic mass is 16.5. The van der Waals surface area contributed by atoms with Crippen LogP contribution in [0.2, 0.25) is 0 Å². The highest BCUT2D eigenvalue weighted by Crippen LogP contribution is 2.35. The van der Waals surface area contributed by atoms with E-state index in [-0.39, 0.29) is 23.7 Å². The zero-order valence-electron chi connectivity index (χ0n) is 14.5. The van der Waals surface area contributed by atoms with Gasteiger partial charge in [-0.3, -0.25) is 9.59 Å². The number of furan rings is 1. The molecule has 26 heavy (non-hydrogen) atoms. The highest BCUT2D eigenvalue weighted by molar-refractivity contribution is 5.92. The monoisotopic (exact) mass is 354 g/mol. The number of hydrogen-bond acceptors (Lipinski definition) is 4. The maximum atomic E-state index is 13.1. The second kappa shape index (κ2) is 7.33. The predicted molar refractivity (Wildman–Crippen MR) is 94.7 cm³/mol. The van der Waals surface area contributed by atoms with Gasteiger partial charge in [0.2, 0.25) is 5.91 Å². The number of carbonyl (C=O) groups excluding carboxylic acids is 2. The van der Waals surface area contributed by atoms with Crippen LogP contribution in [0, 0.1) is 5.92 Å². The normalized spacial score (nSPS) is 23.2. The van der Waals surface area contributed by atoms with Crippen molar-refractivity contribution in [2.45, 2.75) is 5.92 Å². The van der Waals surface area contributed by atoms with Gasteiger partial charge >= 0.3 is 0 Å². The van der Waals surface area contributed by atoms with Gasteiger partial charge in [0, 0.05) is 32.1 Å². The first-order valence-corrected chi connectivity index (χ1v) is 8.98. The quantitative estimate of drug-likeness (QED) is 0.846. The maximum absolute atomic E-state index is 13.1. The Morgan fingerprint density at radius 2 is 1.69 bits per heavy atom. The lowest BCUT2D eigenvalue weighted by Crippen LogP contribution is -2.45. The second-order valence-corrected chi connectivity index (χ2v) is 6.75. The molecule has 2 atom stereocenters. The third-order valence-corrected chi connectivity index (χ3v) is 5.21. The summed E-state index contributed by atoms with van der Waals surface area (Å²) in [5, 5.41) is 0. The Kier molecular flexibility index (Phi) is 4.75. The molecule has 6 nitrogen and oxygen atoms in total. The molecule has 6 heteroatoms. The number of nitrogens with zero attached hydrogens (tertiary/aromatic N) is 2.